The molecule has 0 bridgehead atoms. The second-order valence-electron chi connectivity index (χ2n) is 0.576. The quantitative estimate of drug-likeness (QED) is 0.181. The molecule has 0 radical (unpaired) electrons. The zero-order valence-corrected chi connectivity index (χ0v) is 13.5. The first-order chi connectivity index (χ1) is 3.41. The van der Waals surface area contributed by atoms with Gasteiger partial charge in [-0.2, -0.15) is 13.1 Å². The Morgan fingerprint density at radius 1 is 1.18 bits per heavy atom. The average molecular weight is 206 g/mol. The van der Waals surface area contributed by atoms with Crippen molar-refractivity contribution in [2.45, 2.75) is 0 Å². The molecule has 0 unspecified atom stereocenters. The number of nitriles is 1. The summed E-state index contributed by atoms with van der Waals surface area (Å²) in [6.07, 6.45) is 1.25. The van der Waals surface area contributed by atoms with Gasteiger partial charge in [0.2, 0.25) is 0 Å². The Labute approximate surface area is 131 Å². The monoisotopic (exact) mass is 206 g/mol. The molecule has 0 heterocycles. The Balaban J connectivity index is -0.0000000183. The summed E-state index contributed by atoms with van der Waals surface area (Å²) in [5, 5.41) is 7.10. The summed E-state index contributed by atoms with van der Waals surface area (Å²) in [4.78, 5) is 25.6. The normalized spacial score (nSPS) is 6.00. The third-order valence-corrected chi connectivity index (χ3v) is 0. The van der Waals surface area contributed by atoms with Crippen LogP contribution in [0.2, 0.25) is 0 Å². The van der Waals surface area contributed by atoms with Crippen molar-refractivity contribution in [2.24, 2.45) is 5.73 Å². The molecule has 0 aliphatic rings. The minimum Gasteiger partial charge on any atom is -0.822 e. The minimum absolute atomic E-state index is 0. The molecule has 0 rings (SSSR count). The van der Waals surface area contributed by atoms with E-state index in [1.807, 2.05) is 0 Å². The first-order valence-electron chi connectivity index (χ1n) is 1.24. The number of hydrogen-bond donors (Lipinski definition) is 1. The van der Waals surface area contributed by atoms with Crippen LogP contribution >= 0.6 is 7.82 Å². The molecule has 0 amide bonds. The Bertz CT molecular complexity index is 122. The van der Waals surface area contributed by atoms with E-state index in [-0.39, 0.29) is 88.7 Å². The molecule has 0 fully saturated rings. The van der Waals surface area contributed by atoms with E-state index in [4.69, 9.17) is 24.5 Å². The Kier molecular flexibility index (Phi) is 48.4. The van der Waals surface area contributed by atoms with E-state index in [2.05, 4.69) is 5.73 Å². The van der Waals surface area contributed by atoms with Crippen LogP contribution in [-0.2, 0) is 4.57 Å². The predicted octanol–water partition coefficient (Wildman–Crippen LogP) is -12.4. The van der Waals surface area contributed by atoms with Crippen molar-refractivity contribution in [3.05, 3.63) is 0 Å². The smallest absolute Gasteiger partial charge is 0.822 e. The SMILES string of the molecule is N#CN.O=P([O-])([O-])[O-].[Na+].[Na+].[Na+]. The number of rotatable bonds is 0. The average Bonchev–Trinajstić information content (AvgIpc) is 1.27. The molecule has 48 valence electrons. The Morgan fingerprint density at radius 2 is 1.18 bits per heavy atom. The third kappa shape index (κ3) is 233. The fourth-order valence-electron chi connectivity index (χ4n) is 0. The van der Waals surface area contributed by atoms with Gasteiger partial charge in [0.05, 0.1) is 0 Å². The van der Waals surface area contributed by atoms with Gasteiger partial charge in [0, 0.05) is 0 Å². The zero-order valence-electron chi connectivity index (χ0n) is 6.60. The molecular weight excluding hydrogens is 204 g/mol. The summed E-state index contributed by atoms with van der Waals surface area (Å²) in [6.45, 7) is 0. The first kappa shape index (κ1) is 29.2. The van der Waals surface area contributed by atoms with Gasteiger partial charge in [0.25, 0.3) is 0 Å². The van der Waals surface area contributed by atoms with E-state index in [0.717, 1.165) is 0 Å². The van der Waals surface area contributed by atoms with Gasteiger partial charge in [-0.25, -0.2) is 0 Å². The van der Waals surface area contributed by atoms with Crippen LogP contribution in [0.5, 0.6) is 0 Å². The van der Waals surface area contributed by atoms with Gasteiger partial charge in [-0.1, -0.05) is 0 Å². The number of hydrogen-bond acceptors (Lipinski definition) is 6. The van der Waals surface area contributed by atoms with E-state index >= 15 is 0 Å². The van der Waals surface area contributed by atoms with E-state index in [1.54, 1.807) is 0 Å². The second kappa shape index (κ2) is 18.2. The minimum atomic E-state index is -5.39. The summed E-state index contributed by atoms with van der Waals surface area (Å²) in [5.74, 6) is 0. The summed E-state index contributed by atoms with van der Waals surface area (Å²) in [6, 6.07) is 0. The molecule has 0 aromatic rings. The van der Waals surface area contributed by atoms with Crippen LogP contribution in [0.4, 0.5) is 0 Å². The maximum absolute atomic E-state index is 8.55. The summed E-state index contributed by atoms with van der Waals surface area (Å²) >= 11 is 0. The topological polar surface area (TPSA) is 136 Å². The van der Waals surface area contributed by atoms with Crippen LogP contribution in [-0.4, -0.2) is 0 Å². The van der Waals surface area contributed by atoms with Gasteiger partial charge >= 0.3 is 88.7 Å². The Hall–Kier alpha value is 2.40. The maximum Gasteiger partial charge on any atom is 1.00 e. The molecule has 6 nitrogen and oxygen atoms in total. The molecule has 0 aliphatic heterocycles. The van der Waals surface area contributed by atoms with E-state index in [9.17, 15) is 0 Å². The maximum atomic E-state index is 8.55. The van der Waals surface area contributed by atoms with Crippen molar-refractivity contribution in [3.8, 4) is 6.19 Å². The van der Waals surface area contributed by atoms with Crippen LogP contribution in [0.1, 0.15) is 0 Å². The molecule has 2 N–H and O–H groups in total. The van der Waals surface area contributed by atoms with Crippen LogP contribution in [0.3, 0.4) is 0 Å². The van der Waals surface area contributed by atoms with Crippen LogP contribution < -0.4 is 109 Å². The third-order valence-electron chi connectivity index (χ3n) is 0. The van der Waals surface area contributed by atoms with Crippen molar-refractivity contribution in [2.75, 3.05) is 0 Å². The van der Waals surface area contributed by atoms with Crippen molar-refractivity contribution in [1.29, 1.82) is 5.26 Å². The molecule has 11 heavy (non-hydrogen) atoms. The summed E-state index contributed by atoms with van der Waals surface area (Å²) in [7, 11) is -5.39. The predicted molar refractivity (Wildman–Crippen MR) is 17.4 cm³/mol. The zero-order chi connectivity index (χ0) is 7.21. The molecule has 0 aliphatic carbocycles. The van der Waals surface area contributed by atoms with Crippen LogP contribution in [0, 0.1) is 11.5 Å². The van der Waals surface area contributed by atoms with Crippen LogP contribution in [0.15, 0.2) is 0 Å². The summed E-state index contributed by atoms with van der Waals surface area (Å²) < 4.78 is 8.55. The molecule has 0 saturated carbocycles. The molecule has 0 aromatic heterocycles. The van der Waals surface area contributed by atoms with Crippen LogP contribution in [0.25, 0.3) is 0 Å². The molecule has 0 saturated heterocycles. The van der Waals surface area contributed by atoms with E-state index < -0.39 is 7.82 Å². The first-order valence-corrected chi connectivity index (χ1v) is 2.70. The van der Waals surface area contributed by atoms with Gasteiger partial charge in [0.1, 0.15) is 0 Å². The molecule has 0 atom stereocenters. The molecule has 0 aromatic carbocycles. The number of phosphoric acid groups is 1. The number of nitrogens with zero attached hydrogens (tertiary/aromatic N) is 1. The van der Waals surface area contributed by atoms with Crippen molar-refractivity contribution in [3.63, 3.8) is 0 Å². The Morgan fingerprint density at radius 3 is 1.18 bits per heavy atom. The van der Waals surface area contributed by atoms with Crippen molar-refractivity contribution >= 4 is 7.82 Å². The van der Waals surface area contributed by atoms with E-state index in [0.29, 0.717) is 0 Å². The molecule has 0 spiro atoms. The van der Waals surface area contributed by atoms with Gasteiger partial charge < -0.3 is 25.0 Å². The van der Waals surface area contributed by atoms with Crippen molar-refractivity contribution in [1.82, 2.24) is 0 Å². The fourth-order valence-corrected chi connectivity index (χ4v) is 0. The molecule has 10 heteroatoms. The molecular formula is CH2N2Na3O4P. The fraction of sp³-hybridized carbons (Fsp3) is 0. The standard InChI is InChI=1S/CH2N2.3Na.H3O4P/c2-1-3;;;;1-5(2,3)4/h2H2;;;;(H3,1,2,3,4)/q;3*+1;/p-3. The largest absolute Gasteiger partial charge is 1.00 e. The van der Waals surface area contributed by atoms with Gasteiger partial charge in [0.15, 0.2) is 6.19 Å². The van der Waals surface area contributed by atoms with Gasteiger partial charge in [-0.05, 0) is 0 Å². The second-order valence-corrected chi connectivity index (χ2v) is 1.47. The van der Waals surface area contributed by atoms with Gasteiger partial charge in [-0.15, -0.1) is 0 Å². The van der Waals surface area contributed by atoms with Crippen molar-refractivity contribution < 1.29 is 108 Å². The van der Waals surface area contributed by atoms with Gasteiger partial charge in [-0.3, -0.25) is 0 Å². The summed E-state index contributed by atoms with van der Waals surface area (Å²) in [5.41, 5.74) is 4.15. The number of nitrogens with two attached hydrogens (primary N) is 1. The van der Waals surface area contributed by atoms with E-state index in [1.165, 1.54) is 6.19 Å².